The Morgan fingerprint density at radius 2 is 2.33 bits per heavy atom. The number of rotatable bonds is 4. The monoisotopic (exact) mass is 253 g/mol. The van der Waals surface area contributed by atoms with Crippen molar-refractivity contribution in [2.45, 2.75) is 44.4 Å². The highest BCUT2D eigenvalue weighted by Gasteiger charge is 2.24. The minimum absolute atomic E-state index is 0.0379. The van der Waals surface area contributed by atoms with Crippen LogP contribution >= 0.6 is 0 Å². The molecule has 18 heavy (non-hydrogen) atoms. The van der Waals surface area contributed by atoms with Crippen LogP contribution in [0.1, 0.15) is 25.7 Å². The fourth-order valence-corrected chi connectivity index (χ4v) is 2.24. The van der Waals surface area contributed by atoms with Gasteiger partial charge in [0.1, 0.15) is 18.5 Å². The standard InChI is InChI=1S/C12H19N3O3/c1-17-9-3-2-4-10(7-9)18-12(16)8-15-6-5-11(13)14-15/h5-6,9-10H,2-4,7-8H2,1H3,(H2,13,14). The molecular weight excluding hydrogens is 234 g/mol. The molecule has 2 atom stereocenters. The molecule has 6 heteroatoms. The van der Waals surface area contributed by atoms with E-state index in [2.05, 4.69) is 5.10 Å². The second-order valence-electron chi connectivity index (χ2n) is 4.57. The Kier molecular flexibility index (Phi) is 4.19. The van der Waals surface area contributed by atoms with E-state index in [0.717, 1.165) is 25.7 Å². The van der Waals surface area contributed by atoms with Gasteiger partial charge in [0.05, 0.1) is 6.10 Å². The Morgan fingerprint density at radius 3 is 3.00 bits per heavy atom. The van der Waals surface area contributed by atoms with Crippen LogP contribution in [0.4, 0.5) is 5.82 Å². The van der Waals surface area contributed by atoms with Gasteiger partial charge >= 0.3 is 5.97 Å². The van der Waals surface area contributed by atoms with Crippen LogP contribution in [0.2, 0.25) is 0 Å². The van der Waals surface area contributed by atoms with Crippen LogP contribution < -0.4 is 5.73 Å². The number of hydrogen-bond donors (Lipinski definition) is 1. The number of nitrogen functional groups attached to an aromatic ring is 1. The Hall–Kier alpha value is -1.56. The molecule has 0 saturated heterocycles. The van der Waals surface area contributed by atoms with E-state index in [-0.39, 0.29) is 24.7 Å². The SMILES string of the molecule is COC1CCCC(OC(=O)Cn2ccc(N)n2)C1. The fraction of sp³-hybridized carbons (Fsp3) is 0.667. The van der Waals surface area contributed by atoms with Crippen LogP contribution in [0, 0.1) is 0 Å². The molecule has 1 saturated carbocycles. The van der Waals surface area contributed by atoms with Crippen LogP contribution in [0.15, 0.2) is 12.3 Å². The normalized spacial score (nSPS) is 23.8. The second-order valence-corrected chi connectivity index (χ2v) is 4.57. The fourth-order valence-electron chi connectivity index (χ4n) is 2.24. The lowest BCUT2D eigenvalue weighted by molar-refractivity contribution is -0.153. The molecule has 1 fully saturated rings. The van der Waals surface area contributed by atoms with Crippen LogP contribution in [0.5, 0.6) is 0 Å². The molecule has 0 amide bonds. The van der Waals surface area contributed by atoms with E-state index in [1.807, 2.05) is 0 Å². The molecule has 2 unspecified atom stereocenters. The third-order valence-corrected chi connectivity index (χ3v) is 3.16. The summed E-state index contributed by atoms with van der Waals surface area (Å²) in [6, 6.07) is 1.65. The summed E-state index contributed by atoms with van der Waals surface area (Å²) in [5.41, 5.74) is 5.47. The minimum Gasteiger partial charge on any atom is -0.461 e. The summed E-state index contributed by atoms with van der Waals surface area (Å²) in [5, 5.41) is 3.94. The van der Waals surface area contributed by atoms with Crippen molar-refractivity contribution >= 4 is 11.8 Å². The van der Waals surface area contributed by atoms with E-state index in [1.165, 1.54) is 4.68 Å². The number of aromatic nitrogens is 2. The molecule has 2 rings (SSSR count). The first-order chi connectivity index (χ1) is 8.67. The summed E-state index contributed by atoms with van der Waals surface area (Å²) in [7, 11) is 1.70. The summed E-state index contributed by atoms with van der Waals surface area (Å²) in [4.78, 5) is 11.7. The number of carbonyl (C=O) groups excluding carboxylic acids is 1. The number of ether oxygens (including phenoxy) is 2. The predicted octanol–water partition coefficient (Wildman–Crippen LogP) is 0.966. The molecule has 0 aliphatic heterocycles. The average Bonchev–Trinajstić information content (AvgIpc) is 2.74. The maximum Gasteiger partial charge on any atom is 0.328 e. The molecule has 0 radical (unpaired) electrons. The molecule has 1 aliphatic rings. The highest BCUT2D eigenvalue weighted by atomic mass is 16.5. The number of esters is 1. The van der Waals surface area contributed by atoms with Crippen molar-refractivity contribution in [1.29, 1.82) is 0 Å². The van der Waals surface area contributed by atoms with E-state index in [1.54, 1.807) is 19.4 Å². The van der Waals surface area contributed by atoms with Gasteiger partial charge in [0.2, 0.25) is 0 Å². The molecule has 100 valence electrons. The van der Waals surface area contributed by atoms with Crippen molar-refractivity contribution < 1.29 is 14.3 Å². The van der Waals surface area contributed by atoms with Gasteiger partial charge in [-0.25, -0.2) is 0 Å². The molecule has 1 aromatic rings. The first-order valence-electron chi connectivity index (χ1n) is 6.18. The highest BCUT2D eigenvalue weighted by Crippen LogP contribution is 2.23. The number of methoxy groups -OCH3 is 1. The third-order valence-electron chi connectivity index (χ3n) is 3.16. The summed E-state index contributed by atoms with van der Waals surface area (Å²) >= 11 is 0. The molecular formula is C12H19N3O3. The predicted molar refractivity (Wildman–Crippen MR) is 65.8 cm³/mol. The molecule has 1 heterocycles. The van der Waals surface area contributed by atoms with E-state index in [9.17, 15) is 4.79 Å². The molecule has 0 bridgehead atoms. The van der Waals surface area contributed by atoms with Gasteiger partial charge in [-0.15, -0.1) is 0 Å². The second kappa shape index (κ2) is 5.86. The van der Waals surface area contributed by atoms with Crippen LogP contribution in [0.3, 0.4) is 0 Å². The lowest BCUT2D eigenvalue weighted by Gasteiger charge is -2.27. The summed E-state index contributed by atoms with van der Waals surface area (Å²) < 4.78 is 12.2. The van der Waals surface area contributed by atoms with Crippen LogP contribution in [0.25, 0.3) is 0 Å². The van der Waals surface area contributed by atoms with Gasteiger partial charge in [0.25, 0.3) is 0 Å². The zero-order valence-electron chi connectivity index (χ0n) is 10.5. The molecule has 6 nitrogen and oxygen atoms in total. The van der Waals surface area contributed by atoms with Crippen molar-refractivity contribution in [3.8, 4) is 0 Å². The molecule has 1 aromatic heterocycles. The summed E-state index contributed by atoms with van der Waals surface area (Å²) in [6.07, 6.45) is 5.60. The summed E-state index contributed by atoms with van der Waals surface area (Å²) in [5.74, 6) is 0.125. The molecule has 2 N–H and O–H groups in total. The first-order valence-corrected chi connectivity index (χ1v) is 6.18. The van der Waals surface area contributed by atoms with Gasteiger partial charge in [0.15, 0.2) is 0 Å². The number of nitrogens with two attached hydrogens (primary N) is 1. The van der Waals surface area contributed by atoms with Crippen LogP contribution in [-0.2, 0) is 20.8 Å². The smallest absolute Gasteiger partial charge is 0.328 e. The average molecular weight is 253 g/mol. The van der Waals surface area contributed by atoms with E-state index < -0.39 is 0 Å². The van der Waals surface area contributed by atoms with E-state index in [4.69, 9.17) is 15.2 Å². The lowest BCUT2D eigenvalue weighted by Crippen LogP contribution is -2.30. The largest absolute Gasteiger partial charge is 0.461 e. The maximum absolute atomic E-state index is 11.7. The number of hydrogen-bond acceptors (Lipinski definition) is 5. The first kappa shape index (κ1) is 12.9. The maximum atomic E-state index is 11.7. The zero-order valence-corrected chi connectivity index (χ0v) is 10.5. The van der Waals surface area contributed by atoms with Crippen molar-refractivity contribution in [3.05, 3.63) is 12.3 Å². The Labute approximate surface area is 106 Å². The lowest BCUT2D eigenvalue weighted by atomic mass is 9.95. The summed E-state index contributed by atoms with van der Waals surface area (Å²) in [6.45, 7) is 0.103. The zero-order chi connectivity index (χ0) is 13.0. The van der Waals surface area contributed by atoms with Crippen molar-refractivity contribution in [2.75, 3.05) is 12.8 Å². The number of nitrogens with zero attached hydrogens (tertiary/aromatic N) is 2. The number of anilines is 1. The highest BCUT2D eigenvalue weighted by molar-refractivity contribution is 5.69. The van der Waals surface area contributed by atoms with Gasteiger partial charge < -0.3 is 15.2 Å². The Balaban J connectivity index is 1.80. The Morgan fingerprint density at radius 1 is 1.56 bits per heavy atom. The Bertz CT molecular complexity index is 405. The van der Waals surface area contributed by atoms with Gasteiger partial charge in [-0.1, -0.05) is 0 Å². The van der Waals surface area contributed by atoms with Crippen molar-refractivity contribution in [3.63, 3.8) is 0 Å². The molecule has 1 aliphatic carbocycles. The third kappa shape index (κ3) is 3.46. The molecule has 0 spiro atoms. The van der Waals surface area contributed by atoms with E-state index >= 15 is 0 Å². The minimum atomic E-state index is -0.278. The quantitative estimate of drug-likeness (QED) is 0.809. The number of carbonyl (C=O) groups is 1. The van der Waals surface area contributed by atoms with Gasteiger partial charge in [0, 0.05) is 19.7 Å². The van der Waals surface area contributed by atoms with E-state index in [0.29, 0.717) is 5.82 Å². The molecule has 0 aromatic carbocycles. The van der Waals surface area contributed by atoms with Gasteiger partial charge in [-0.3, -0.25) is 9.48 Å². The van der Waals surface area contributed by atoms with Crippen molar-refractivity contribution in [1.82, 2.24) is 9.78 Å². The van der Waals surface area contributed by atoms with Crippen LogP contribution in [-0.4, -0.2) is 35.1 Å². The topological polar surface area (TPSA) is 79.4 Å². The van der Waals surface area contributed by atoms with Gasteiger partial charge in [-0.2, -0.15) is 5.10 Å². The van der Waals surface area contributed by atoms with Crippen molar-refractivity contribution in [2.24, 2.45) is 0 Å². The van der Waals surface area contributed by atoms with Gasteiger partial charge in [-0.05, 0) is 25.3 Å².